The molecule has 0 fully saturated rings. The molecule has 0 saturated heterocycles. The summed E-state index contributed by atoms with van der Waals surface area (Å²) in [6.45, 7) is 2.49. The van der Waals surface area contributed by atoms with Crippen LogP contribution in [0.15, 0.2) is 24.3 Å². The summed E-state index contributed by atoms with van der Waals surface area (Å²) >= 11 is 0. The molecule has 0 aliphatic rings. The van der Waals surface area contributed by atoms with Crippen LogP contribution in [0.5, 0.6) is 5.75 Å². The third-order valence-electron chi connectivity index (χ3n) is 1.79. The Labute approximate surface area is 83.8 Å². The van der Waals surface area contributed by atoms with Crippen molar-refractivity contribution in [2.45, 2.75) is 6.92 Å². The highest BCUT2D eigenvalue weighted by atomic mass is 16.5. The van der Waals surface area contributed by atoms with Gasteiger partial charge in [-0.2, -0.15) is 0 Å². The zero-order valence-corrected chi connectivity index (χ0v) is 8.45. The SMILES string of the molecule is CCOc1ccccc1C(=N)N(C)N. The molecule has 4 nitrogen and oxygen atoms in total. The van der Waals surface area contributed by atoms with Crippen molar-refractivity contribution < 1.29 is 4.74 Å². The molecule has 0 atom stereocenters. The normalized spacial score (nSPS) is 9.64. The molecular formula is C10H15N3O. The molecule has 0 aliphatic heterocycles. The van der Waals surface area contributed by atoms with E-state index in [2.05, 4.69) is 0 Å². The molecule has 0 aromatic heterocycles. The number of rotatable bonds is 3. The first-order chi connectivity index (χ1) is 6.66. The van der Waals surface area contributed by atoms with Gasteiger partial charge >= 0.3 is 0 Å². The average molecular weight is 193 g/mol. The number of nitrogens with two attached hydrogens (primary N) is 1. The highest BCUT2D eigenvalue weighted by Gasteiger charge is 2.09. The number of amidine groups is 1. The molecule has 1 aromatic carbocycles. The first-order valence-electron chi connectivity index (χ1n) is 4.46. The van der Waals surface area contributed by atoms with E-state index in [1.54, 1.807) is 7.05 Å². The molecule has 0 aliphatic carbocycles. The van der Waals surface area contributed by atoms with Gasteiger partial charge in [-0.1, -0.05) is 12.1 Å². The van der Waals surface area contributed by atoms with E-state index in [0.29, 0.717) is 17.9 Å². The van der Waals surface area contributed by atoms with Crippen molar-refractivity contribution in [3.63, 3.8) is 0 Å². The Bertz CT molecular complexity index is 323. The van der Waals surface area contributed by atoms with Crippen LogP contribution in [0.1, 0.15) is 12.5 Å². The van der Waals surface area contributed by atoms with E-state index in [9.17, 15) is 0 Å². The van der Waals surface area contributed by atoms with Crippen LogP contribution in [0, 0.1) is 5.41 Å². The number of benzene rings is 1. The molecule has 1 rings (SSSR count). The second kappa shape index (κ2) is 4.62. The Morgan fingerprint density at radius 2 is 2.14 bits per heavy atom. The Balaban J connectivity index is 3.00. The Hall–Kier alpha value is -1.55. The Morgan fingerprint density at radius 3 is 2.71 bits per heavy atom. The van der Waals surface area contributed by atoms with Gasteiger partial charge in [0, 0.05) is 7.05 Å². The molecular weight excluding hydrogens is 178 g/mol. The molecule has 0 spiro atoms. The summed E-state index contributed by atoms with van der Waals surface area (Å²) in [6, 6.07) is 7.38. The predicted octanol–water partition coefficient (Wildman–Crippen LogP) is 1.22. The van der Waals surface area contributed by atoms with Crippen molar-refractivity contribution >= 4 is 5.84 Å². The number of nitrogens with one attached hydrogen (secondary N) is 1. The van der Waals surface area contributed by atoms with Crippen LogP contribution in [-0.4, -0.2) is 24.5 Å². The maximum absolute atomic E-state index is 7.72. The summed E-state index contributed by atoms with van der Waals surface area (Å²) in [4.78, 5) is 0. The fourth-order valence-corrected chi connectivity index (χ4v) is 1.13. The van der Waals surface area contributed by atoms with Crippen molar-refractivity contribution in [2.75, 3.05) is 13.7 Å². The lowest BCUT2D eigenvalue weighted by Crippen LogP contribution is -2.33. The monoisotopic (exact) mass is 193 g/mol. The minimum absolute atomic E-state index is 0.244. The number of ether oxygens (including phenoxy) is 1. The lowest BCUT2D eigenvalue weighted by molar-refractivity contribution is 0.338. The molecule has 0 heterocycles. The van der Waals surface area contributed by atoms with Gasteiger partial charge in [-0.15, -0.1) is 0 Å². The van der Waals surface area contributed by atoms with Crippen molar-refractivity contribution in [2.24, 2.45) is 5.84 Å². The second-order valence-electron chi connectivity index (χ2n) is 2.89. The first kappa shape index (κ1) is 10.5. The maximum atomic E-state index is 7.72. The minimum atomic E-state index is 0.244. The van der Waals surface area contributed by atoms with Gasteiger partial charge in [0.2, 0.25) is 0 Å². The van der Waals surface area contributed by atoms with E-state index in [-0.39, 0.29) is 5.84 Å². The quantitative estimate of drug-likeness (QED) is 0.328. The molecule has 3 N–H and O–H groups in total. The summed E-state index contributed by atoms with van der Waals surface area (Å²) in [6.07, 6.45) is 0. The van der Waals surface area contributed by atoms with Crippen molar-refractivity contribution in [1.29, 1.82) is 5.41 Å². The van der Waals surface area contributed by atoms with Gasteiger partial charge in [0.15, 0.2) is 0 Å². The van der Waals surface area contributed by atoms with Crippen LogP contribution >= 0.6 is 0 Å². The minimum Gasteiger partial charge on any atom is -0.493 e. The molecule has 0 unspecified atom stereocenters. The van der Waals surface area contributed by atoms with Crippen LogP contribution in [-0.2, 0) is 0 Å². The third kappa shape index (κ3) is 2.23. The van der Waals surface area contributed by atoms with Crippen molar-refractivity contribution in [3.05, 3.63) is 29.8 Å². The topological polar surface area (TPSA) is 62.3 Å². The van der Waals surface area contributed by atoms with Gasteiger partial charge in [0.1, 0.15) is 11.6 Å². The molecule has 0 amide bonds. The number of hydrogen-bond acceptors (Lipinski definition) is 3. The smallest absolute Gasteiger partial charge is 0.145 e. The van der Waals surface area contributed by atoms with Crippen LogP contribution < -0.4 is 10.6 Å². The van der Waals surface area contributed by atoms with Crippen LogP contribution in [0.3, 0.4) is 0 Å². The molecule has 0 radical (unpaired) electrons. The van der Waals surface area contributed by atoms with E-state index in [4.69, 9.17) is 16.0 Å². The number of hydrogen-bond donors (Lipinski definition) is 2. The van der Waals surface area contributed by atoms with Crippen LogP contribution in [0.25, 0.3) is 0 Å². The summed E-state index contributed by atoms with van der Waals surface area (Å²) in [7, 11) is 1.63. The van der Waals surface area contributed by atoms with Crippen molar-refractivity contribution in [1.82, 2.24) is 5.01 Å². The number of hydrazine groups is 1. The lowest BCUT2D eigenvalue weighted by atomic mass is 10.2. The highest BCUT2D eigenvalue weighted by Crippen LogP contribution is 2.18. The molecule has 14 heavy (non-hydrogen) atoms. The van der Waals surface area contributed by atoms with Crippen molar-refractivity contribution in [3.8, 4) is 5.75 Å². The van der Waals surface area contributed by atoms with E-state index in [1.165, 1.54) is 5.01 Å². The molecule has 76 valence electrons. The fraction of sp³-hybridized carbons (Fsp3) is 0.300. The van der Waals surface area contributed by atoms with Gasteiger partial charge in [-0.25, -0.2) is 5.84 Å². The largest absolute Gasteiger partial charge is 0.493 e. The first-order valence-corrected chi connectivity index (χ1v) is 4.46. The lowest BCUT2D eigenvalue weighted by Gasteiger charge is -2.16. The summed E-state index contributed by atoms with van der Waals surface area (Å²) in [5.41, 5.74) is 0.708. The van der Waals surface area contributed by atoms with Gasteiger partial charge < -0.3 is 4.74 Å². The summed E-state index contributed by atoms with van der Waals surface area (Å²) in [5.74, 6) is 6.42. The van der Waals surface area contributed by atoms with E-state index >= 15 is 0 Å². The number of para-hydroxylation sites is 1. The van der Waals surface area contributed by atoms with E-state index < -0.39 is 0 Å². The van der Waals surface area contributed by atoms with Gasteiger partial charge in [0.05, 0.1) is 12.2 Å². The molecule has 1 aromatic rings. The second-order valence-corrected chi connectivity index (χ2v) is 2.89. The number of nitrogens with zero attached hydrogens (tertiary/aromatic N) is 1. The van der Waals surface area contributed by atoms with Gasteiger partial charge in [0.25, 0.3) is 0 Å². The van der Waals surface area contributed by atoms with Gasteiger partial charge in [-0.3, -0.25) is 10.4 Å². The summed E-state index contributed by atoms with van der Waals surface area (Å²) < 4.78 is 5.39. The molecule has 0 saturated carbocycles. The summed E-state index contributed by atoms with van der Waals surface area (Å²) in [5, 5.41) is 8.99. The standard InChI is InChI=1S/C10H15N3O/c1-3-14-9-7-5-4-6-8(9)10(11)13(2)12/h4-7,11H,3,12H2,1-2H3. The Morgan fingerprint density at radius 1 is 1.50 bits per heavy atom. The molecule has 4 heteroatoms. The molecule has 0 bridgehead atoms. The zero-order chi connectivity index (χ0) is 10.6. The highest BCUT2D eigenvalue weighted by molar-refractivity contribution is 5.98. The fourth-order valence-electron chi connectivity index (χ4n) is 1.13. The zero-order valence-electron chi connectivity index (χ0n) is 8.45. The predicted molar refractivity (Wildman–Crippen MR) is 56.4 cm³/mol. The van der Waals surface area contributed by atoms with E-state index in [0.717, 1.165) is 0 Å². The van der Waals surface area contributed by atoms with Crippen LogP contribution in [0.2, 0.25) is 0 Å². The average Bonchev–Trinajstić information content (AvgIpc) is 2.18. The van der Waals surface area contributed by atoms with Crippen LogP contribution in [0.4, 0.5) is 0 Å². The Kier molecular flexibility index (Phi) is 3.48. The van der Waals surface area contributed by atoms with Gasteiger partial charge in [-0.05, 0) is 19.1 Å². The van der Waals surface area contributed by atoms with E-state index in [1.807, 2.05) is 31.2 Å². The maximum Gasteiger partial charge on any atom is 0.145 e. The third-order valence-corrected chi connectivity index (χ3v) is 1.79.